The molecule has 0 fully saturated rings. The van der Waals surface area contributed by atoms with E-state index in [1.165, 1.54) is 9.36 Å². The van der Waals surface area contributed by atoms with E-state index in [0.717, 1.165) is 10.8 Å². The standard InChI is InChI=1S/C18H17BrN2O3/c1-17(19)9-20-15(22)13-7-11-5-3-4-6-12(11)8-14(13)16(23)21(20)10-18(17,2)24/h3-8,24H,9-10H2,1-2H3. The lowest BCUT2D eigenvalue weighted by Crippen LogP contribution is -2.61. The number of hydrogen-bond acceptors (Lipinski definition) is 3. The SMILES string of the molecule is CC1(O)Cn2c(=O)c3cc4ccccc4cc3c(=O)n2CC1(C)Br. The molecule has 2 heterocycles. The molecule has 5 nitrogen and oxygen atoms in total. The van der Waals surface area contributed by atoms with E-state index in [1.54, 1.807) is 19.1 Å². The van der Waals surface area contributed by atoms with Gasteiger partial charge in [-0.3, -0.25) is 9.59 Å². The van der Waals surface area contributed by atoms with E-state index >= 15 is 0 Å². The van der Waals surface area contributed by atoms with Crippen molar-refractivity contribution >= 4 is 37.5 Å². The van der Waals surface area contributed by atoms with Crippen molar-refractivity contribution in [3.8, 4) is 0 Å². The minimum atomic E-state index is -1.15. The van der Waals surface area contributed by atoms with Gasteiger partial charge in [-0.15, -0.1) is 0 Å². The highest BCUT2D eigenvalue weighted by molar-refractivity contribution is 9.10. The number of alkyl halides is 1. The van der Waals surface area contributed by atoms with Crippen molar-refractivity contribution in [3.63, 3.8) is 0 Å². The van der Waals surface area contributed by atoms with Gasteiger partial charge in [-0.05, 0) is 36.8 Å². The van der Waals surface area contributed by atoms with Crippen LogP contribution in [0.2, 0.25) is 0 Å². The summed E-state index contributed by atoms with van der Waals surface area (Å²) < 4.78 is 2.11. The number of aliphatic hydroxyl groups is 1. The fourth-order valence-corrected chi connectivity index (χ4v) is 3.68. The lowest BCUT2D eigenvalue weighted by atomic mass is 9.88. The van der Waals surface area contributed by atoms with Crippen LogP contribution in [-0.4, -0.2) is 24.4 Å². The van der Waals surface area contributed by atoms with Gasteiger partial charge in [0.1, 0.15) is 0 Å². The van der Waals surface area contributed by atoms with Crippen molar-refractivity contribution in [2.45, 2.75) is 36.9 Å². The number of rotatable bonds is 0. The minimum absolute atomic E-state index is 0.0611. The molecule has 0 spiro atoms. The summed E-state index contributed by atoms with van der Waals surface area (Å²) in [5, 5.41) is 13.3. The molecule has 3 aromatic rings. The van der Waals surface area contributed by atoms with Crippen LogP contribution >= 0.6 is 15.9 Å². The second kappa shape index (κ2) is 4.80. The van der Waals surface area contributed by atoms with Crippen LogP contribution in [0.1, 0.15) is 13.8 Å². The summed E-state index contributed by atoms with van der Waals surface area (Å²) in [6, 6.07) is 11.2. The zero-order chi connectivity index (χ0) is 17.3. The lowest BCUT2D eigenvalue weighted by molar-refractivity contribution is -0.0282. The fourth-order valence-electron chi connectivity index (χ4n) is 3.31. The van der Waals surface area contributed by atoms with E-state index < -0.39 is 9.93 Å². The molecule has 1 aliphatic heterocycles. The maximum Gasteiger partial charge on any atom is 0.273 e. The topological polar surface area (TPSA) is 64.2 Å². The van der Waals surface area contributed by atoms with Crippen LogP contribution in [0.25, 0.3) is 21.5 Å². The number of aromatic nitrogens is 2. The first-order valence-corrected chi connectivity index (χ1v) is 8.58. The maximum atomic E-state index is 13.0. The molecule has 124 valence electrons. The predicted molar refractivity (Wildman–Crippen MR) is 97.9 cm³/mol. The molecular weight excluding hydrogens is 372 g/mol. The summed E-state index contributed by atoms with van der Waals surface area (Å²) in [5.41, 5.74) is -1.61. The van der Waals surface area contributed by atoms with Crippen molar-refractivity contribution < 1.29 is 5.11 Å². The Morgan fingerprint density at radius 3 is 1.92 bits per heavy atom. The van der Waals surface area contributed by atoms with Crippen LogP contribution < -0.4 is 11.1 Å². The summed E-state index contributed by atoms with van der Waals surface area (Å²) >= 11 is 3.52. The summed E-state index contributed by atoms with van der Waals surface area (Å²) in [6.07, 6.45) is 0. The van der Waals surface area contributed by atoms with E-state index in [2.05, 4.69) is 15.9 Å². The van der Waals surface area contributed by atoms with Crippen molar-refractivity contribution in [2.75, 3.05) is 0 Å². The predicted octanol–water partition coefficient (Wildman–Crippen LogP) is 2.23. The van der Waals surface area contributed by atoms with Crippen LogP contribution in [0.3, 0.4) is 0 Å². The van der Waals surface area contributed by atoms with Gasteiger partial charge in [0, 0.05) is 0 Å². The number of fused-ring (bicyclic) bond motifs is 3. The quantitative estimate of drug-likeness (QED) is 0.474. The summed E-state index contributed by atoms with van der Waals surface area (Å²) in [4.78, 5) is 25.9. The second-order valence-electron chi connectivity index (χ2n) is 6.94. The second-order valence-corrected chi connectivity index (χ2v) is 8.69. The van der Waals surface area contributed by atoms with E-state index in [9.17, 15) is 14.7 Å². The Morgan fingerprint density at radius 1 is 0.958 bits per heavy atom. The van der Waals surface area contributed by atoms with Gasteiger partial charge in [-0.2, -0.15) is 0 Å². The molecule has 1 aliphatic rings. The van der Waals surface area contributed by atoms with Crippen LogP contribution in [-0.2, 0) is 13.1 Å². The van der Waals surface area contributed by atoms with Crippen molar-refractivity contribution in [1.29, 1.82) is 0 Å². The third-order valence-electron chi connectivity index (χ3n) is 5.13. The average molecular weight is 389 g/mol. The number of nitrogens with zero attached hydrogens (tertiary/aromatic N) is 2. The smallest absolute Gasteiger partial charge is 0.273 e. The van der Waals surface area contributed by atoms with Crippen molar-refractivity contribution in [2.24, 2.45) is 0 Å². The molecule has 0 bridgehead atoms. The third kappa shape index (κ3) is 2.03. The molecule has 24 heavy (non-hydrogen) atoms. The summed E-state index contributed by atoms with van der Waals surface area (Å²) in [6.45, 7) is 3.78. The molecule has 0 saturated heterocycles. The molecule has 6 heteroatoms. The molecule has 2 atom stereocenters. The zero-order valence-electron chi connectivity index (χ0n) is 13.4. The fraction of sp³-hybridized carbons (Fsp3) is 0.333. The third-order valence-corrected chi connectivity index (χ3v) is 6.24. The van der Waals surface area contributed by atoms with Gasteiger partial charge in [-0.1, -0.05) is 40.2 Å². The highest BCUT2D eigenvalue weighted by Crippen LogP contribution is 2.36. The largest absolute Gasteiger partial charge is 0.387 e. The summed E-state index contributed by atoms with van der Waals surface area (Å²) in [5.74, 6) is 0. The Morgan fingerprint density at radius 2 is 1.42 bits per heavy atom. The average Bonchev–Trinajstić information content (AvgIpc) is 2.53. The first kappa shape index (κ1) is 15.6. The zero-order valence-corrected chi connectivity index (χ0v) is 15.0. The Balaban J connectivity index is 2.14. The Bertz CT molecular complexity index is 1020. The van der Waals surface area contributed by atoms with Gasteiger partial charge in [0.25, 0.3) is 11.1 Å². The molecular formula is C18H17BrN2O3. The maximum absolute atomic E-state index is 13.0. The lowest BCUT2D eigenvalue weighted by Gasteiger charge is -2.44. The Hall–Kier alpha value is -1.92. The van der Waals surface area contributed by atoms with Crippen LogP contribution in [0.15, 0.2) is 46.0 Å². The molecule has 0 amide bonds. The van der Waals surface area contributed by atoms with E-state index in [-0.39, 0.29) is 24.2 Å². The molecule has 0 radical (unpaired) electrons. The molecule has 0 saturated carbocycles. The van der Waals surface area contributed by atoms with Gasteiger partial charge < -0.3 is 5.11 Å². The summed E-state index contributed by atoms with van der Waals surface area (Å²) in [7, 11) is 0. The van der Waals surface area contributed by atoms with Gasteiger partial charge in [0.2, 0.25) is 0 Å². The highest BCUT2D eigenvalue weighted by atomic mass is 79.9. The van der Waals surface area contributed by atoms with Crippen molar-refractivity contribution in [1.82, 2.24) is 9.36 Å². The van der Waals surface area contributed by atoms with E-state index in [1.807, 2.05) is 31.2 Å². The molecule has 2 unspecified atom stereocenters. The Kier molecular flexibility index (Phi) is 3.12. The first-order chi connectivity index (χ1) is 11.2. The molecule has 1 N–H and O–H groups in total. The van der Waals surface area contributed by atoms with Crippen LogP contribution in [0, 0.1) is 0 Å². The van der Waals surface area contributed by atoms with Gasteiger partial charge in [0.05, 0.1) is 33.8 Å². The number of hydrogen-bond donors (Lipinski definition) is 1. The van der Waals surface area contributed by atoms with Gasteiger partial charge in [-0.25, -0.2) is 9.36 Å². The molecule has 2 aromatic carbocycles. The molecule has 4 rings (SSSR count). The normalized spacial score (nSPS) is 26.7. The van der Waals surface area contributed by atoms with Crippen LogP contribution in [0.5, 0.6) is 0 Å². The number of halogens is 1. The van der Waals surface area contributed by atoms with Crippen LogP contribution in [0.4, 0.5) is 0 Å². The first-order valence-electron chi connectivity index (χ1n) is 7.79. The molecule has 0 aliphatic carbocycles. The monoisotopic (exact) mass is 388 g/mol. The van der Waals surface area contributed by atoms with Gasteiger partial charge >= 0.3 is 0 Å². The molecule has 1 aromatic heterocycles. The Labute approximate surface area is 146 Å². The van der Waals surface area contributed by atoms with Gasteiger partial charge in [0.15, 0.2) is 0 Å². The van der Waals surface area contributed by atoms with Crippen molar-refractivity contribution in [3.05, 3.63) is 57.1 Å². The highest BCUT2D eigenvalue weighted by Gasteiger charge is 2.46. The van der Waals surface area contributed by atoms with E-state index in [0.29, 0.717) is 10.8 Å². The minimum Gasteiger partial charge on any atom is -0.387 e. The van der Waals surface area contributed by atoms with E-state index in [4.69, 9.17) is 0 Å². The number of benzene rings is 2.